The van der Waals surface area contributed by atoms with E-state index in [9.17, 15) is 5.11 Å². The molecule has 1 aromatic rings. The molecule has 5 heteroatoms. The quantitative estimate of drug-likeness (QED) is 0.925. The van der Waals surface area contributed by atoms with Gasteiger partial charge in [0.15, 0.2) is 17.1 Å². The van der Waals surface area contributed by atoms with E-state index in [0.29, 0.717) is 24.9 Å². The van der Waals surface area contributed by atoms with Crippen molar-refractivity contribution in [3.05, 3.63) is 23.8 Å². The topological polar surface area (TPSA) is 60.3 Å². The minimum atomic E-state index is -0.276. The smallest absolute Gasteiger partial charge is 0.168 e. The molecule has 0 amide bonds. The summed E-state index contributed by atoms with van der Waals surface area (Å²) in [5, 5.41) is 14.1. The largest absolute Gasteiger partial charge is 0.504 e. The number of phenols is 1. The Labute approximate surface area is 123 Å². The van der Waals surface area contributed by atoms with E-state index in [1.807, 2.05) is 12.1 Å². The summed E-state index contributed by atoms with van der Waals surface area (Å²) in [7, 11) is 0. The predicted molar refractivity (Wildman–Crippen MR) is 76.7 cm³/mol. The Morgan fingerprint density at radius 3 is 3.05 bits per heavy atom. The highest BCUT2D eigenvalue weighted by Crippen LogP contribution is 2.36. The van der Waals surface area contributed by atoms with Crippen molar-refractivity contribution in [1.29, 1.82) is 0 Å². The summed E-state index contributed by atoms with van der Waals surface area (Å²) < 4.78 is 11.1. The van der Waals surface area contributed by atoms with Gasteiger partial charge in [0.2, 0.25) is 0 Å². The second kappa shape index (κ2) is 4.91. The molecule has 2 fully saturated rings. The number of nitrogens with zero attached hydrogens (tertiary/aromatic N) is 1. The zero-order valence-corrected chi connectivity index (χ0v) is 11.9. The Hall–Kier alpha value is -1.75. The van der Waals surface area contributed by atoms with E-state index in [1.54, 1.807) is 6.07 Å². The Balaban J connectivity index is 1.50. The molecule has 1 aliphatic carbocycles. The summed E-state index contributed by atoms with van der Waals surface area (Å²) in [6, 6.07) is 5.38. The van der Waals surface area contributed by atoms with Gasteiger partial charge in [-0.2, -0.15) is 0 Å². The van der Waals surface area contributed by atoms with Crippen LogP contribution >= 0.6 is 0 Å². The average Bonchev–Trinajstić information content (AvgIpc) is 3.06. The minimum Gasteiger partial charge on any atom is -0.504 e. The number of hydrogen-bond donors (Lipinski definition) is 1. The van der Waals surface area contributed by atoms with Gasteiger partial charge >= 0.3 is 0 Å². The monoisotopic (exact) mass is 289 g/mol. The molecule has 1 atom stereocenters. The molecule has 0 aromatic heterocycles. The van der Waals surface area contributed by atoms with E-state index in [4.69, 9.17) is 14.3 Å². The Morgan fingerprint density at radius 2 is 2.29 bits per heavy atom. The van der Waals surface area contributed by atoms with E-state index >= 15 is 0 Å². The molecule has 4 rings (SSSR count). The summed E-state index contributed by atoms with van der Waals surface area (Å²) in [5.74, 6) is 1.36. The summed E-state index contributed by atoms with van der Waals surface area (Å²) in [4.78, 5) is 5.61. The molecule has 1 aromatic carbocycles. The van der Waals surface area contributed by atoms with Crippen molar-refractivity contribution >= 4 is 5.71 Å². The molecule has 1 saturated heterocycles. The van der Waals surface area contributed by atoms with Gasteiger partial charge in [0.05, 0.1) is 25.5 Å². The first kappa shape index (κ1) is 13.0. The maximum atomic E-state index is 9.90. The number of hydrogen-bond acceptors (Lipinski definition) is 5. The highest BCUT2D eigenvalue weighted by molar-refractivity contribution is 6.02. The first-order valence-corrected chi connectivity index (χ1v) is 7.53. The first-order valence-electron chi connectivity index (χ1n) is 7.53. The number of oxime groups is 1. The van der Waals surface area contributed by atoms with Gasteiger partial charge < -0.3 is 19.4 Å². The summed E-state index contributed by atoms with van der Waals surface area (Å²) in [6.07, 6.45) is 4.08. The predicted octanol–water partition coefficient (Wildman–Crippen LogP) is 2.46. The van der Waals surface area contributed by atoms with Crippen LogP contribution in [0.2, 0.25) is 0 Å². The molecule has 1 saturated carbocycles. The summed E-state index contributed by atoms with van der Waals surface area (Å²) in [6.45, 7) is 2.01. The molecule has 112 valence electrons. The normalized spacial score (nSPS) is 27.7. The molecule has 3 aliphatic rings. The van der Waals surface area contributed by atoms with Crippen LogP contribution in [-0.4, -0.2) is 36.2 Å². The molecule has 2 heterocycles. The lowest BCUT2D eigenvalue weighted by molar-refractivity contribution is -0.0237. The minimum absolute atomic E-state index is 0.179. The van der Waals surface area contributed by atoms with Crippen LogP contribution < -0.4 is 4.74 Å². The molecule has 1 spiro atoms. The van der Waals surface area contributed by atoms with Gasteiger partial charge in [-0.1, -0.05) is 5.16 Å². The van der Waals surface area contributed by atoms with Crippen LogP contribution in [0.25, 0.3) is 0 Å². The van der Waals surface area contributed by atoms with Gasteiger partial charge in [0, 0.05) is 18.4 Å². The number of phenolic OH excluding ortho intramolecular Hbond substituents is 1. The number of aromatic hydroxyl groups is 1. The van der Waals surface area contributed by atoms with Crippen molar-refractivity contribution < 1.29 is 19.4 Å². The first-order chi connectivity index (χ1) is 10.2. The van der Waals surface area contributed by atoms with E-state index in [2.05, 4.69) is 5.16 Å². The van der Waals surface area contributed by atoms with Gasteiger partial charge in [0.25, 0.3) is 0 Å². The van der Waals surface area contributed by atoms with Crippen LogP contribution in [0.5, 0.6) is 11.5 Å². The molecule has 21 heavy (non-hydrogen) atoms. The van der Waals surface area contributed by atoms with E-state index in [-0.39, 0.29) is 11.4 Å². The van der Waals surface area contributed by atoms with Gasteiger partial charge in [-0.05, 0) is 37.0 Å². The van der Waals surface area contributed by atoms with E-state index in [0.717, 1.165) is 30.7 Å². The van der Waals surface area contributed by atoms with Crippen LogP contribution in [0.1, 0.15) is 31.2 Å². The van der Waals surface area contributed by atoms with Gasteiger partial charge in [-0.25, -0.2) is 0 Å². The van der Waals surface area contributed by atoms with Crippen molar-refractivity contribution in [2.45, 2.75) is 31.3 Å². The Bertz CT molecular complexity index is 574. The third kappa shape index (κ3) is 2.58. The van der Waals surface area contributed by atoms with Crippen molar-refractivity contribution in [2.24, 2.45) is 11.1 Å². The fraction of sp³-hybridized carbons (Fsp3) is 0.562. The standard InChI is InChI=1S/C16H19NO4/c18-14-4-3-12(7-15(14)20-9-11-1-2-11)13-8-16(21-17-13)5-6-19-10-16/h3-4,7,11,18H,1-2,5-6,8-10H2/t16-/m1/s1. The van der Waals surface area contributed by atoms with Crippen LogP contribution in [-0.2, 0) is 9.57 Å². The van der Waals surface area contributed by atoms with Crippen molar-refractivity contribution in [3.63, 3.8) is 0 Å². The third-order valence-electron chi connectivity index (χ3n) is 4.37. The second-order valence-corrected chi connectivity index (χ2v) is 6.23. The average molecular weight is 289 g/mol. The molecular weight excluding hydrogens is 270 g/mol. The van der Waals surface area contributed by atoms with Crippen molar-refractivity contribution in [2.75, 3.05) is 19.8 Å². The number of ether oxygens (including phenoxy) is 2. The number of benzene rings is 1. The number of rotatable bonds is 4. The molecular formula is C16H19NO4. The van der Waals surface area contributed by atoms with Crippen molar-refractivity contribution in [3.8, 4) is 11.5 Å². The maximum Gasteiger partial charge on any atom is 0.168 e. The lowest BCUT2D eigenvalue weighted by Crippen LogP contribution is -2.29. The summed E-state index contributed by atoms with van der Waals surface area (Å²) >= 11 is 0. The van der Waals surface area contributed by atoms with Gasteiger partial charge in [-0.3, -0.25) is 0 Å². The molecule has 0 bridgehead atoms. The SMILES string of the molecule is Oc1ccc(C2=NO[C@]3(CCOC3)C2)cc1OCC1CC1. The molecule has 0 radical (unpaired) electrons. The second-order valence-electron chi connectivity index (χ2n) is 6.23. The molecule has 5 nitrogen and oxygen atoms in total. The van der Waals surface area contributed by atoms with E-state index < -0.39 is 0 Å². The molecule has 1 N–H and O–H groups in total. The highest BCUT2D eigenvalue weighted by atomic mass is 16.7. The zero-order valence-electron chi connectivity index (χ0n) is 11.9. The Morgan fingerprint density at radius 1 is 1.38 bits per heavy atom. The Kier molecular flexibility index (Phi) is 3.03. The third-order valence-corrected chi connectivity index (χ3v) is 4.37. The van der Waals surface area contributed by atoms with Crippen LogP contribution in [0.15, 0.2) is 23.4 Å². The van der Waals surface area contributed by atoms with Crippen LogP contribution in [0, 0.1) is 5.92 Å². The zero-order chi connectivity index (χ0) is 14.3. The lowest BCUT2D eigenvalue weighted by atomic mass is 9.93. The highest BCUT2D eigenvalue weighted by Gasteiger charge is 2.43. The van der Waals surface area contributed by atoms with Crippen molar-refractivity contribution in [1.82, 2.24) is 0 Å². The van der Waals surface area contributed by atoms with Crippen LogP contribution in [0.4, 0.5) is 0 Å². The molecule has 2 aliphatic heterocycles. The van der Waals surface area contributed by atoms with Crippen LogP contribution in [0.3, 0.4) is 0 Å². The molecule has 0 unspecified atom stereocenters. The lowest BCUT2D eigenvalue weighted by Gasteiger charge is -2.17. The van der Waals surface area contributed by atoms with Gasteiger partial charge in [0.1, 0.15) is 0 Å². The fourth-order valence-electron chi connectivity index (χ4n) is 2.78. The summed E-state index contributed by atoms with van der Waals surface area (Å²) in [5.41, 5.74) is 1.57. The maximum absolute atomic E-state index is 9.90. The fourth-order valence-corrected chi connectivity index (χ4v) is 2.78. The van der Waals surface area contributed by atoms with E-state index in [1.165, 1.54) is 12.8 Å². The van der Waals surface area contributed by atoms with Gasteiger partial charge in [-0.15, -0.1) is 0 Å².